The molecule has 32 heavy (non-hydrogen) atoms. The summed E-state index contributed by atoms with van der Waals surface area (Å²) in [5.74, 6) is -0.819. The van der Waals surface area contributed by atoms with E-state index in [9.17, 15) is 10.1 Å². The molecule has 168 valence electrons. The minimum atomic E-state index is -0.600. The van der Waals surface area contributed by atoms with Gasteiger partial charge in [0.05, 0.1) is 0 Å². The van der Waals surface area contributed by atoms with Crippen molar-refractivity contribution in [2.75, 3.05) is 16.8 Å². The summed E-state index contributed by atoms with van der Waals surface area (Å²) in [5.41, 5.74) is 3.14. The van der Waals surface area contributed by atoms with E-state index in [0.717, 1.165) is 30.6 Å². The van der Waals surface area contributed by atoms with E-state index in [1.165, 1.54) is 6.08 Å². The average Bonchev–Trinajstić information content (AvgIpc) is 2.72. The van der Waals surface area contributed by atoms with E-state index < -0.39 is 11.7 Å². The van der Waals surface area contributed by atoms with Crippen LogP contribution >= 0.6 is 11.6 Å². The van der Waals surface area contributed by atoms with Gasteiger partial charge in [0.25, 0.3) is 5.91 Å². The van der Waals surface area contributed by atoms with E-state index >= 15 is 4.39 Å². The van der Waals surface area contributed by atoms with E-state index in [2.05, 4.69) is 37.9 Å². The lowest BCUT2D eigenvalue weighted by Crippen LogP contribution is -2.48. The summed E-state index contributed by atoms with van der Waals surface area (Å²) in [6, 6.07) is 10.4. The Labute approximate surface area is 194 Å². The third-order valence-electron chi connectivity index (χ3n) is 6.13. The number of halogens is 2. The number of carbonyl (C=O) groups is 1. The van der Waals surface area contributed by atoms with Crippen LogP contribution in [0.15, 0.2) is 35.9 Å². The zero-order chi connectivity index (χ0) is 23.6. The Morgan fingerprint density at radius 2 is 2.12 bits per heavy atom. The maximum Gasteiger partial charge on any atom is 0.266 e. The van der Waals surface area contributed by atoms with Crippen molar-refractivity contribution >= 4 is 35.0 Å². The van der Waals surface area contributed by atoms with Crippen LogP contribution in [-0.4, -0.2) is 18.0 Å². The molecular formula is C26H29ClFN3O. The maximum absolute atomic E-state index is 15.1. The van der Waals surface area contributed by atoms with Crippen molar-refractivity contribution in [1.82, 2.24) is 0 Å². The summed E-state index contributed by atoms with van der Waals surface area (Å²) in [5, 5.41) is 12.8. The number of anilines is 2. The molecule has 0 aromatic heterocycles. The molecule has 6 heteroatoms. The Morgan fingerprint density at radius 1 is 1.41 bits per heavy atom. The summed E-state index contributed by atoms with van der Waals surface area (Å²) in [4.78, 5) is 15.0. The quantitative estimate of drug-likeness (QED) is 0.398. The highest BCUT2D eigenvalue weighted by Crippen LogP contribution is 2.44. The van der Waals surface area contributed by atoms with Gasteiger partial charge in [0.1, 0.15) is 17.5 Å². The van der Waals surface area contributed by atoms with E-state index in [-0.39, 0.29) is 22.6 Å². The molecule has 0 radical (unpaired) electrons. The third-order valence-corrected chi connectivity index (χ3v) is 6.54. The number of hydrogen-bond acceptors (Lipinski definition) is 3. The van der Waals surface area contributed by atoms with E-state index in [1.807, 2.05) is 6.07 Å². The Morgan fingerprint density at radius 3 is 2.78 bits per heavy atom. The van der Waals surface area contributed by atoms with Crippen molar-refractivity contribution in [2.45, 2.75) is 58.9 Å². The van der Waals surface area contributed by atoms with Crippen molar-refractivity contribution < 1.29 is 9.18 Å². The number of fused-ring (bicyclic) bond motifs is 1. The number of nitrogens with one attached hydrogen (secondary N) is 1. The van der Waals surface area contributed by atoms with Gasteiger partial charge in [-0.3, -0.25) is 4.79 Å². The van der Waals surface area contributed by atoms with E-state index in [0.29, 0.717) is 16.3 Å². The molecule has 1 atom stereocenters. The molecule has 1 N–H and O–H groups in total. The second-order valence-electron chi connectivity index (χ2n) is 9.04. The van der Waals surface area contributed by atoms with Crippen LogP contribution in [-0.2, 0) is 4.79 Å². The zero-order valence-corrected chi connectivity index (χ0v) is 20.0. The number of nitriles is 1. The summed E-state index contributed by atoms with van der Waals surface area (Å²) in [7, 11) is 0. The van der Waals surface area contributed by atoms with Gasteiger partial charge in [-0.1, -0.05) is 31.5 Å². The van der Waals surface area contributed by atoms with E-state index in [4.69, 9.17) is 11.6 Å². The van der Waals surface area contributed by atoms with Crippen LogP contribution in [0.25, 0.3) is 6.08 Å². The van der Waals surface area contributed by atoms with Gasteiger partial charge >= 0.3 is 0 Å². The van der Waals surface area contributed by atoms with Crippen LogP contribution in [0.4, 0.5) is 15.8 Å². The molecule has 0 saturated heterocycles. The van der Waals surface area contributed by atoms with Crippen LogP contribution < -0.4 is 10.2 Å². The topological polar surface area (TPSA) is 56.1 Å². The molecule has 3 rings (SSSR count). The molecule has 2 aromatic rings. The highest BCUT2D eigenvalue weighted by atomic mass is 35.5. The summed E-state index contributed by atoms with van der Waals surface area (Å²) in [6.45, 7) is 11.2. The van der Waals surface area contributed by atoms with Gasteiger partial charge in [-0.25, -0.2) is 4.39 Å². The first-order valence-corrected chi connectivity index (χ1v) is 11.3. The number of benzene rings is 2. The van der Waals surface area contributed by atoms with Crippen molar-refractivity contribution in [1.29, 1.82) is 5.26 Å². The highest BCUT2D eigenvalue weighted by molar-refractivity contribution is 6.31. The fourth-order valence-electron chi connectivity index (χ4n) is 4.52. The Bertz CT molecular complexity index is 1120. The Hall–Kier alpha value is -2.84. The number of hydrogen-bond donors (Lipinski definition) is 1. The first-order chi connectivity index (χ1) is 15.1. The number of amides is 1. The second-order valence-corrected chi connectivity index (χ2v) is 9.45. The average molecular weight is 454 g/mol. The molecule has 0 fully saturated rings. The predicted octanol–water partition coefficient (Wildman–Crippen LogP) is 6.84. The molecule has 2 aromatic carbocycles. The molecule has 4 nitrogen and oxygen atoms in total. The van der Waals surface area contributed by atoms with Crippen LogP contribution in [0.2, 0.25) is 5.02 Å². The molecule has 1 amide bonds. The molecule has 1 unspecified atom stereocenters. The molecule has 0 aliphatic carbocycles. The molecule has 0 spiro atoms. The first-order valence-electron chi connectivity index (χ1n) is 10.9. The zero-order valence-electron chi connectivity index (χ0n) is 19.2. The third kappa shape index (κ3) is 4.66. The minimum absolute atomic E-state index is 0.0707. The van der Waals surface area contributed by atoms with Crippen molar-refractivity contribution in [3.05, 3.63) is 63.4 Å². The summed E-state index contributed by atoms with van der Waals surface area (Å²) < 4.78 is 15.1. The number of nitrogens with zero attached hydrogens (tertiary/aromatic N) is 2. The molecular weight excluding hydrogens is 425 g/mol. The van der Waals surface area contributed by atoms with Gasteiger partial charge in [0.2, 0.25) is 0 Å². The largest absolute Gasteiger partial charge is 0.366 e. The monoisotopic (exact) mass is 453 g/mol. The standard InChI is InChI=1S/C26H29ClFN3O/c1-6-10-31-24-13-22(28)18(12-20(24)16(2)14-26(31,4)5)11-19(15-29)25(32)30-23-9-7-8-21(27)17(23)3/h7-9,11-13,16H,6,10,14H2,1-5H3,(H,30,32)/b19-11+. The smallest absolute Gasteiger partial charge is 0.266 e. The predicted molar refractivity (Wildman–Crippen MR) is 130 cm³/mol. The van der Waals surface area contributed by atoms with Crippen molar-refractivity contribution in [3.8, 4) is 6.07 Å². The lowest BCUT2D eigenvalue weighted by atomic mass is 9.79. The van der Waals surface area contributed by atoms with Crippen LogP contribution in [0.3, 0.4) is 0 Å². The lowest BCUT2D eigenvalue weighted by molar-refractivity contribution is -0.112. The van der Waals surface area contributed by atoms with Gasteiger partial charge in [-0.15, -0.1) is 0 Å². The van der Waals surface area contributed by atoms with E-state index in [1.54, 1.807) is 37.3 Å². The molecule has 0 bridgehead atoms. The fraction of sp³-hybridized carbons (Fsp3) is 0.385. The summed E-state index contributed by atoms with van der Waals surface area (Å²) in [6.07, 6.45) is 3.22. The first kappa shape index (κ1) is 23.8. The highest BCUT2D eigenvalue weighted by Gasteiger charge is 2.36. The molecule has 1 aliphatic rings. The Balaban J connectivity index is 1.99. The maximum atomic E-state index is 15.1. The van der Waals surface area contributed by atoms with Gasteiger partial charge < -0.3 is 10.2 Å². The SMILES string of the molecule is CCCN1c2cc(F)c(/C=C(\C#N)C(=O)Nc3cccc(Cl)c3C)cc2C(C)CC1(C)C. The van der Waals surface area contributed by atoms with Gasteiger partial charge in [0.15, 0.2) is 0 Å². The van der Waals surface area contributed by atoms with Gasteiger partial charge in [0, 0.05) is 34.0 Å². The van der Waals surface area contributed by atoms with Gasteiger partial charge in [-0.2, -0.15) is 5.26 Å². The number of rotatable bonds is 5. The molecule has 1 aliphatic heterocycles. The minimum Gasteiger partial charge on any atom is -0.366 e. The van der Waals surface area contributed by atoms with Crippen molar-refractivity contribution in [3.63, 3.8) is 0 Å². The summed E-state index contributed by atoms with van der Waals surface area (Å²) >= 11 is 6.11. The molecule has 0 saturated carbocycles. The van der Waals surface area contributed by atoms with Crippen molar-refractivity contribution in [2.24, 2.45) is 0 Å². The second kappa shape index (κ2) is 9.34. The van der Waals surface area contributed by atoms with Gasteiger partial charge in [-0.05, 0) is 81.0 Å². The Kier molecular flexibility index (Phi) is 6.95. The fourth-order valence-corrected chi connectivity index (χ4v) is 4.69. The van der Waals surface area contributed by atoms with Crippen LogP contribution in [0, 0.1) is 24.1 Å². The number of carbonyl (C=O) groups excluding carboxylic acids is 1. The lowest BCUT2D eigenvalue weighted by Gasteiger charge is -2.47. The molecule has 1 heterocycles. The van der Waals surface area contributed by atoms with Crippen LogP contribution in [0.5, 0.6) is 0 Å². The normalized spacial score (nSPS) is 17.5. The van der Waals surface area contributed by atoms with Crippen LogP contribution in [0.1, 0.15) is 63.1 Å².